The van der Waals surface area contributed by atoms with Crippen LogP contribution in [0.5, 0.6) is 0 Å². The first kappa shape index (κ1) is 15.1. The molecular weight excluding hydrogens is 244 g/mol. The van der Waals surface area contributed by atoms with Crippen LogP contribution in [0.2, 0.25) is 0 Å². The lowest BCUT2D eigenvalue weighted by Gasteiger charge is -2.36. The molecule has 0 aliphatic heterocycles. The van der Waals surface area contributed by atoms with Gasteiger partial charge in [-0.05, 0) is 26.5 Å². The number of hydrogen-bond donors (Lipinski definition) is 2. The molecule has 0 amide bonds. The fraction of sp³-hybridized carbons (Fsp3) is 0.500. The molecule has 0 fully saturated rings. The first-order valence-electron chi connectivity index (χ1n) is 6.05. The number of aliphatic hydroxyl groups is 1. The van der Waals surface area contributed by atoms with Crippen molar-refractivity contribution in [2.75, 3.05) is 20.2 Å². The van der Waals surface area contributed by atoms with Crippen LogP contribution in [0, 0.1) is 0 Å². The second kappa shape index (κ2) is 6.27. The smallest absolute Gasteiger partial charge is 0.0816 e. The summed E-state index contributed by atoms with van der Waals surface area (Å²) in [5, 5.41) is 9.38. The van der Waals surface area contributed by atoms with Gasteiger partial charge in [-0.25, -0.2) is 0 Å². The van der Waals surface area contributed by atoms with Crippen molar-refractivity contribution in [3.05, 3.63) is 35.9 Å². The van der Waals surface area contributed by atoms with Gasteiger partial charge in [-0.15, -0.1) is 0 Å². The zero-order chi connectivity index (χ0) is 13.8. The Labute approximate surface area is 115 Å². The summed E-state index contributed by atoms with van der Waals surface area (Å²) in [7, 11) is 1.98. The predicted molar refractivity (Wildman–Crippen MR) is 79.8 cm³/mol. The molecule has 0 radical (unpaired) electrons. The number of nitrogens with zero attached hydrogens (tertiary/aromatic N) is 1. The molecule has 0 aliphatic carbocycles. The first-order valence-corrected chi connectivity index (χ1v) is 6.45. The molecule has 0 aromatic heterocycles. The molecule has 1 aromatic carbocycles. The van der Waals surface area contributed by atoms with Crippen LogP contribution in [0.25, 0.3) is 0 Å². The van der Waals surface area contributed by atoms with Gasteiger partial charge >= 0.3 is 0 Å². The third-order valence-corrected chi connectivity index (χ3v) is 3.71. The molecule has 1 unspecified atom stereocenters. The van der Waals surface area contributed by atoms with Gasteiger partial charge < -0.3 is 10.8 Å². The molecule has 0 bridgehead atoms. The van der Waals surface area contributed by atoms with E-state index in [0.717, 1.165) is 5.56 Å². The molecule has 0 heterocycles. The highest BCUT2D eigenvalue weighted by Crippen LogP contribution is 2.21. The van der Waals surface area contributed by atoms with Crippen LogP contribution in [0.1, 0.15) is 25.3 Å². The minimum absolute atomic E-state index is 0.0111. The summed E-state index contributed by atoms with van der Waals surface area (Å²) in [6.07, 6.45) is 0. The molecule has 4 heteroatoms. The van der Waals surface area contributed by atoms with E-state index in [9.17, 15) is 5.11 Å². The van der Waals surface area contributed by atoms with Crippen LogP contribution in [0.3, 0.4) is 0 Å². The Morgan fingerprint density at radius 1 is 1.39 bits per heavy atom. The number of hydrogen-bond acceptors (Lipinski definition) is 3. The fourth-order valence-corrected chi connectivity index (χ4v) is 1.90. The molecule has 100 valence electrons. The number of rotatable bonds is 6. The minimum Gasteiger partial charge on any atom is -0.394 e. The van der Waals surface area contributed by atoms with E-state index in [-0.39, 0.29) is 18.1 Å². The van der Waals surface area contributed by atoms with Gasteiger partial charge in [0.25, 0.3) is 0 Å². The maximum atomic E-state index is 9.38. The highest BCUT2D eigenvalue weighted by molar-refractivity contribution is 7.80. The van der Waals surface area contributed by atoms with Gasteiger partial charge in [-0.1, -0.05) is 42.5 Å². The summed E-state index contributed by atoms with van der Waals surface area (Å²) < 4.78 is 0. The van der Waals surface area contributed by atoms with E-state index in [1.54, 1.807) is 0 Å². The van der Waals surface area contributed by atoms with E-state index < -0.39 is 0 Å². The molecule has 0 saturated carbocycles. The number of aliphatic hydroxyl groups excluding tert-OH is 1. The van der Waals surface area contributed by atoms with Gasteiger partial charge in [-0.2, -0.15) is 0 Å². The average molecular weight is 266 g/mol. The van der Waals surface area contributed by atoms with Crippen molar-refractivity contribution in [2.45, 2.75) is 25.3 Å². The number of nitrogens with two attached hydrogens (primary N) is 1. The van der Waals surface area contributed by atoms with Crippen LogP contribution >= 0.6 is 12.2 Å². The SMILES string of the molecule is CN(CC(C(N)=S)c1ccccc1)C(C)(C)CO. The van der Waals surface area contributed by atoms with Gasteiger partial charge in [0.2, 0.25) is 0 Å². The van der Waals surface area contributed by atoms with Crippen molar-refractivity contribution in [3.63, 3.8) is 0 Å². The molecule has 3 N–H and O–H groups in total. The monoisotopic (exact) mass is 266 g/mol. The van der Waals surface area contributed by atoms with E-state index in [0.29, 0.717) is 11.5 Å². The van der Waals surface area contributed by atoms with E-state index in [4.69, 9.17) is 18.0 Å². The van der Waals surface area contributed by atoms with E-state index in [1.807, 2.05) is 51.2 Å². The highest BCUT2D eigenvalue weighted by atomic mass is 32.1. The summed E-state index contributed by atoms with van der Waals surface area (Å²) in [5.74, 6) is 0.0111. The molecular formula is C14H22N2OS. The fourth-order valence-electron chi connectivity index (χ4n) is 1.69. The molecule has 0 saturated heterocycles. The zero-order valence-corrected chi connectivity index (χ0v) is 12.1. The van der Waals surface area contributed by atoms with Gasteiger partial charge in [-0.3, -0.25) is 4.90 Å². The molecule has 1 rings (SSSR count). The summed E-state index contributed by atoms with van der Waals surface area (Å²) in [5.41, 5.74) is 6.68. The van der Waals surface area contributed by atoms with Gasteiger partial charge in [0.05, 0.1) is 11.6 Å². The average Bonchev–Trinajstić information content (AvgIpc) is 2.36. The molecule has 0 aliphatic rings. The van der Waals surface area contributed by atoms with Crippen LogP contribution < -0.4 is 5.73 Å². The summed E-state index contributed by atoms with van der Waals surface area (Å²) in [4.78, 5) is 2.57. The predicted octanol–water partition coefficient (Wildman–Crippen LogP) is 1.76. The largest absolute Gasteiger partial charge is 0.394 e. The molecule has 1 aromatic rings. The Bertz CT molecular complexity index is 392. The van der Waals surface area contributed by atoms with Crippen molar-refractivity contribution >= 4 is 17.2 Å². The third-order valence-electron chi connectivity index (χ3n) is 3.42. The Morgan fingerprint density at radius 2 is 1.94 bits per heavy atom. The quantitative estimate of drug-likeness (QED) is 0.770. The summed E-state index contributed by atoms with van der Waals surface area (Å²) in [6.45, 7) is 4.79. The van der Waals surface area contributed by atoms with Crippen molar-refractivity contribution in [2.24, 2.45) is 5.73 Å². The second-order valence-electron chi connectivity index (χ2n) is 5.22. The first-order chi connectivity index (χ1) is 8.38. The lowest BCUT2D eigenvalue weighted by molar-refractivity contribution is 0.0783. The van der Waals surface area contributed by atoms with Crippen molar-refractivity contribution < 1.29 is 5.11 Å². The van der Waals surface area contributed by atoms with Gasteiger partial charge in [0.1, 0.15) is 0 Å². The van der Waals surface area contributed by atoms with Gasteiger partial charge in [0, 0.05) is 18.0 Å². The standard InChI is InChI=1S/C14H22N2OS/c1-14(2,10-17)16(3)9-12(13(15)18)11-7-5-4-6-8-11/h4-8,12,17H,9-10H2,1-3H3,(H2,15,18). The van der Waals surface area contributed by atoms with Crippen LogP contribution in [0.4, 0.5) is 0 Å². The van der Waals surface area contributed by atoms with E-state index in [1.165, 1.54) is 0 Å². The molecule has 0 spiro atoms. The maximum Gasteiger partial charge on any atom is 0.0816 e. The van der Waals surface area contributed by atoms with Crippen molar-refractivity contribution in [3.8, 4) is 0 Å². The van der Waals surface area contributed by atoms with E-state index >= 15 is 0 Å². The second-order valence-corrected chi connectivity index (χ2v) is 5.69. The number of benzene rings is 1. The summed E-state index contributed by atoms with van der Waals surface area (Å²) >= 11 is 5.17. The maximum absolute atomic E-state index is 9.38. The lowest BCUT2D eigenvalue weighted by Crippen LogP contribution is -2.47. The van der Waals surface area contributed by atoms with Crippen LogP contribution in [-0.2, 0) is 0 Å². The van der Waals surface area contributed by atoms with Crippen LogP contribution in [-0.4, -0.2) is 40.7 Å². The minimum atomic E-state index is -0.280. The number of likely N-dealkylation sites (N-methyl/N-ethyl adjacent to an activating group) is 1. The summed E-state index contributed by atoms with van der Waals surface area (Å²) in [6, 6.07) is 10.0. The Hall–Kier alpha value is -0.970. The Morgan fingerprint density at radius 3 is 2.39 bits per heavy atom. The Balaban J connectivity index is 2.86. The normalized spacial score (nSPS) is 13.6. The number of thiocarbonyl (C=S) groups is 1. The topological polar surface area (TPSA) is 49.5 Å². The van der Waals surface area contributed by atoms with Crippen molar-refractivity contribution in [1.29, 1.82) is 0 Å². The molecule has 1 atom stereocenters. The van der Waals surface area contributed by atoms with Gasteiger partial charge in [0.15, 0.2) is 0 Å². The van der Waals surface area contributed by atoms with E-state index in [2.05, 4.69) is 4.90 Å². The molecule has 18 heavy (non-hydrogen) atoms. The lowest BCUT2D eigenvalue weighted by atomic mass is 9.96. The van der Waals surface area contributed by atoms with Crippen LogP contribution in [0.15, 0.2) is 30.3 Å². The highest BCUT2D eigenvalue weighted by Gasteiger charge is 2.26. The Kier molecular flexibility index (Phi) is 5.26. The van der Waals surface area contributed by atoms with Crippen molar-refractivity contribution in [1.82, 2.24) is 4.90 Å². The zero-order valence-electron chi connectivity index (χ0n) is 11.3. The molecule has 3 nitrogen and oxygen atoms in total. The third kappa shape index (κ3) is 3.77.